The van der Waals surface area contributed by atoms with Crippen LogP contribution in [0.5, 0.6) is 0 Å². The molecule has 0 unspecified atom stereocenters. The lowest BCUT2D eigenvalue weighted by molar-refractivity contribution is 0.0590. The fraction of sp³-hybridized carbons (Fsp3) is 0.444. The molecule has 1 saturated heterocycles. The SMILES string of the molecule is FC1CN(Cc2cccnc2)C1. The van der Waals surface area contributed by atoms with Crippen LogP contribution in [0.3, 0.4) is 0 Å². The van der Waals surface area contributed by atoms with E-state index in [4.69, 9.17) is 0 Å². The third kappa shape index (κ3) is 1.61. The highest BCUT2D eigenvalue weighted by Gasteiger charge is 2.25. The van der Waals surface area contributed by atoms with Gasteiger partial charge >= 0.3 is 0 Å². The molecule has 1 aliphatic heterocycles. The Kier molecular flexibility index (Phi) is 2.04. The van der Waals surface area contributed by atoms with Crippen molar-refractivity contribution in [2.24, 2.45) is 0 Å². The summed E-state index contributed by atoms with van der Waals surface area (Å²) in [7, 11) is 0. The summed E-state index contributed by atoms with van der Waals surface area (Å²) in [4.78, 5) is 6.07. The number of pyridine rings is 1. The molecule has 0 spiro atoms. The monoisotopic (exact) mass is 166 g/mol. The zero-order valence-corrected chi connectivity index (χ0v) is 6.78. The molecule has 1 aromatic heterocycles. The molecule has 0 N–H and O–H groups in total. The van der Waals surface area contributed by atoms with Crippen molar-refractivity contribution in [1.29, 1.82) is 0 Å². The molecule has 0 bridgehead atoms. The standard InChI is InChI=1S/C9H11FN2/c10-9-6-12(7-9)5-8-2-1-3-11-4-8/h1-4,9H,5-7H2. The molecule has 1 fully saturated rings. The number of aromatic nitrogens is 1. The van der Waals surface area contributed by atoms with E-state index in [1.54, 1.807) is 6.20 Å². The zero-order chi connectivity index (χ0) is 8.39. The predicted octanol–water partition coefficient (Wildman–Crippen LogP) is 1.24. The molecule has 0 amide bonds. The van der Waals surface area contributed by atoms with Crippen molar-refractivity contribution in [3.63, 3.8) is 0 Å². The summed E-state index contributed by atoms with van der Waals surface area (Å²) in [6.07, 6.45) is 2.96. The molecule has 0 radical (unpaired) electrons. The number of hydrogen-bond donors (Lipinski definition) is 0. The molecule has 12 heavy (non-hydrogen) atoms. The van der Waals surface area contributed by atoms with Gasteiger partial charge in [-0.15, -0.1) is 0 Å². The zero-order valence-electron chi connectivity index (χ0n) is 6.78. The van der Waals surface area contributed by atoms with Gasteiger partial charge in [0.25, 0.3) is 0 Å². The molecule has 0 atom stereocenters. The predicted molar refractivity (Wildman–Crippen MR) is 44.4 cm³/mol. The normalized spacial score (nSPS) is 19.1. The minimum atomic E-state index is -0.610. The first-order chi connectivity index (χ1) is 5.84. The van der Waals surface area contributed by atoms with Gasteiger partial charge in [-0.1, -0.05) is 6.07 Å². The van der Waals surface area contributed by atoms with Gasteiger partial charge in [-0.25, -0.2) is 4.39 Å². The van der Waals surface area contributed by atoms with Gasteiger partial charge in [-0.2, -0.15) is 0 Å². The largest absolute Gasteiger partial charge is 0.293 e. The van der Waals surface area contributed by atoms with Crippen molar-refractivity contribution in [2.45, 2.75) is 12.7 Å². The summed E-state index contributed by atoms with van der Waals surface area (Å²) in [6, 6.07) is 3.92. The smallest absolute Gasteiger partial charge is 0.125 e. The van der Waals surface area contributed by atoms with E-state index in [1.165, 1.54) is 0 Å². The van der Waals surface area contributed by atoms with Crippen molar-refractivity contribution >= 4 is 0 Å². The van der Waals surface area contributed by atoms with Crippen molar-refractivity contribution in [3.8, 4) is 0 Å². The summed E-state index contributed by atoms with van der Waals surface area (Å²) in [5.41, 5.74) is 1.16. The molecule has 64 valence electrons. The third-order valence-corrected chi connectivity index (χ3v) is 2.04. The Morgan fingerprint density at radius 3 is 3.00 bits per heavy atom. The van der Waals surface area contributed by atoms with Crippen molar-refractivity contribution in [2.75, 3.05) is 13.1 Å². The van der Waals surface area contributed by atoms with Crippen LogP contribution < -0.4 is 0 Å². The maximum Gasteiger partial charge on any atom is 0.125 e. The van der Waals surface area contributed by atoms with Crippen molar-refractivity contribution in [1.82, 2.24) is 9.88 Å². The lowest BCUT2D eigenvalue weighted by Gasteiger charge is -2.34. The fourth-order valence-electron chi connectivity index (χ4n) is 1.39. The van der Waals surface area contributed by atoms with Gasteiger partial charge in [-0.3, -0.25) is 9.88 Å². The summed E-state index contributed by atoms with van der Waals surface area (Å²) in [6.45, 7) is 1.98. The molecular formula is C9H11FN2. The Hall–Kier alpha value is -0.960. The summed E-state index contributed by atoms with van der Waals surface area (Å²) < 4.78 is 12.4. The number of likely N-dealkylation sites (tertiary alicyclic amines) is 1. The first kappa shape index (κ1) is 7.68. The van der Waals surface area contributed by atoms with Crippen LogP contribution in [-0.4, -0.2) is 29.1 Å². The quantitative estimate of drug-likeness (QED) is 0.657. The lowest BCUT2D eigenvalue weighted by atomic mass is 10.1. The maximum atomic E-state index is 12.4. The number of nitrogens with zero attached hydrogens (tertiary/aromatic N) is 2. The van der Waals surface area contributed by atoms with Crippen LogP contribution in [0.15, 0.2) is 24.5 Å². The number of rotatable bonds is 2. The molecule has 0 saturated carbocycles. The van der Waals surface area contributed by atoms with Gasteiger partial charge < -0.3 is 0 Å². The molecule has 0 aromatic carbocycles. The van der Waals surface area contributed by atoms with Gasteiger partial charge in [0.05, 0.1) is 0 Å². The second kappa shape index (κ2) is 3.19. The van der Waals surface area contributed by atoms with E-state index in [0.717, 1.165) is 12.1 Å². The van der Waals surface area contributed by atoms with E-state index in [1.807, 2.05) is 18.3 Å². The first-order valence-electron chi connectivity index (χ1n) is 4.10. The second-order valence-electron chi connectivity index (χ2n) is 3.15. The van der Waals surface area contributed by atoms with E-state index in [2.05, 4.69) is 9.88 Å². The number of hydrogen-bond acceptors (Lipinski definition) is 2. The highest BCUT2D eigenvalue weighted by atomic mass is 19.1. The summed E-state index contributed by atoms with van der Waals surface area (Å²) in [5.74, 6) is 0. The van der Waals surface area contributed by atoms with Gasteiger partial charge in [0.15, 0.2) is 0 Å². The topological polar surface area (TPSA) is 16.1 Å². The average molecular weight is 166 g/mol. The van der Waals surface area contributed by atoms with Crippen LogP contribution in [0.1, 0.15) is 5.56 Å². The molecule has 1 aromatic rings. The van der Waals surface area contributed by atoms with Gasteiger partial charge in [0.1, 0.15) is 6.17 Å². The highest BCUT2D eigenvalue weighted by Crippen LogP contribution is 2.14. The molecular weight excluding hydrogens is 155 g/mol. The minimum absolute atomic E-state index is 0.578. The molecule has 2 nitrogen and oxygen atoms in total. The van der Waals surface area contributed by atoms with Crippen LogP contribution >= 0.6 is 0 Å². The summed E-state index contributed by atoms with van der Waals surface area (Å²) >= 11 is 0. The fourth-order valence-corrected chi connectivity index (χ4v) is 1.39. The van der Waals surface area contributed by atoms with Crippen LogP contribution in [0.25, 0.3) is 0 Å². The van der Waals surface area contributed by atoms with Crippen molar-refractivity contribution in [3.05, 3.63) is 30.1 Å². The maximum absolute atomic E-state index is 12.4. The second-order valence-corrected chi connectivity index (χ2v) is 3.15. The van der Waals surface area contributed by atoms with E-state index in [-0.39, 0.29) is 0 Å². The third-order valence-electron chi connectivity index (χ3n) is 2.04. The highest BCUT2D eigenvalue weighted by molar-refractivity contribution is 5.08. The Morgan fingerprint density at radius 2 is 2.42 bits per heavy atom. The Balaban J connectivity index is 1.88. The Labute approximate surface area is 71.0 Å². The van der Waals surface area contributed by atoms with Crippen LogP contribution in [0.2, 0.25) is 0 Å². The molecule has 0 aliphatic carbocycles. The van der Waals surface area contributed by atoms with E-state index in [9.17, 15) is 4.39 Å². The first-order valence-corrected chi connectivity index (χ1v) is 4.10. The summed E-state index contributed by atoms with van der Waals surface area (Å²) in [5, 5.41) is 0. The minimum Gasteiger partial charge on any atom is -0.293 e. The molecule has 2 rings (SSSR count). The van der Waals surface area contributed by atoms with Crippen LogP contribution in [0, 0.1) is 0 Å². The van der Waals surface area contributed by atoms with Gasteiger partial charge in [0, 0.05) is 32.0 Å². The lowest BCUT2D eigenvalue weighted by Crippen LogP contribution is -2.47. The molecule has 1 aliphatic rings. The van der Waals surface area contributed by atoms with Gasteiger partial charge in [0.2, 0.25) is 0 Å². The molecule has 2 heterocycles. The van der Waals surface area contributed by atoms with Crippen molar-refractivity contribution < 1.29 is 4.39 Å². The van der Waals surface area contributed by atoms with E-state index in [0.29, 0.717) is 13.1 Å². The van der Waals surface area contributed by atoms with Gasteiger partial charge in [-0.05, 0) is 11.6 Å². The van der Waals surface area contributed by atoms with E-state index >= 15 is 0 Å². The Morgan fingerprint density at radius 1 is 1.58 bits per heavy atom. The average Bonchev–Trinajstić information content (AvgIpc) is 2.04. The molecule has 3 heteroatoms. The number of alkyl halides is 1. The van der Waals surface area contributed by atoms with Crippen LogP contribution in [-0.2, 0) is 6.54 Å². The van der Waals surface area contributed by atoms with Crippen LogP contribution in [0.4, 0.5) is 4.39 Å². The van der Waals surface area contributed by atoms with E-state index < -0.39 is 6.17 Å². The number of halogens is 1. The Bertz CT molecular complexity index is 244.